The van der Waals surface area contributed by atoms with Gasteiger partial charge in [0.15, 0.2) is 5.96 Å². The predicted octanol–water partition coefficient (Wildman–Crippen LogP) is 3.72. The van der Waals surface area contributed by atoms with Crippen molar-refractivity contribution < 1.29 is 0 Å². The van der Waals surface area contributed by atoms with Crippen LogP contribution < -0.4 is 10.6 Å². The lowest BCUT2D eigenvalue weighted by Gasteiger charge is -2.12. The highest BCUT2D eigenvalue weighted by Crippen LogP contribution is 2.28. The summed E-state index contributed by atoms with van der Waals surface area (Å²) < 4.78 is 1.97. The van der Waals surface area contributed by atoms with Crippen molar-refractivity contribution in [2.45, 2.75) is 65.7 Å². The molecule has 0 bridgehead atoms. The first-order chi connectivity index (χ1) is 11.6. The van der Waals surface area contributed by atoms with Crippen LogP contribution in [0.25, 0.3) is 0 Å². The lowest BCUT2D eigenvalue weighted by molar-refractivity contribution is 0.487. The van der Waals surface area contributed by atoms with Crippen LogP contribution in [0.15, 0.2) is 4.99 Å². The van der Waals surface area contributed by atoms with Gasteiger partial charge in [-0.3, -0.25) is 9.67 Å². The molecule has 6 heteroatoms. The number of hydrogen-bond acceptors (Lipinski definition) is 2. The summed E-state index contributed by atoms with van der Waals surface area (Å²) in [5.74, 6) is 1.91. The second-order valence-corrected chi connectivity index (χ2v) is 7.00. The maximum atomic E-state index is 4.73. The van der Waals surface area contributed by atoms with E-state index in [-0.39, 0.29) is 24.0 Å². The van der Waals surface area contributed by atoms with Crippen LogP contribution in [-0.4, -0.2) is 35.4 Å². The molecule has 0 atom stereocenters. The number of halogens is 1. The summed E-state index contributed by atoms with van der Waals surface area (Å²) in [4.78, 5) is 4.73. The van der Waals surface area contributed by atoms with Crippen molar-refractivity contribution in [3.8, 4) is 0 Å². The smallest absolute Gasteiger partial charge is 0.191 e. The van der Waals surface area contributed by atoms with Gasteiger partial charge >= 0.3 is 0 Å². The first-order valence-corrected chi connectivity index (χ1v) is 9.63. The summed E-state index contributed by atoms with van der Waals surface area (Å²) in [7, 11) is 2.01. The van der Waals surface area contributed by atoms with Gasteiger partial charge in [0.25, 0.3) is 0 Å². The van der Waals surface area contributed by atoms with E-state index in [0.717, 1.165) is 43.6 Å². The number of aryl methyl sites for hydroxylation is 2. The number of aliphatic imine (C=N–C) groups is 1. The van der Waals surface area contributed by atoms with Crippen molar-refractivity contribution in [1.82, 2.24) is 20.4 Å². The molecule has 144 valence electrons. The summed E-state index contributed by atoms with van der Waals surface area (Å²) in [6.07, 6.45) is 9.28. The van der Waals surface area contributed by atoms with Crippen LogP contribution in [0, 0.1) is 19.8 Å². The van der Waals surface area contributed by atoms with Gasteiger partial charge in [-0.2, -0.15) is 5.10 Å². The van der Waals surface area contributed by atoms with Gasteiger partial charge in [0.2, 0.25) is 0 Å². The summed E-state index contributed by atoms with van der Waals surface area (Å²) in [6.45, 7) is 9.06. The highest BCUT2D eigenvalue weighted by atomic mass is 127. The number of aromatic nitrogens is 2. The number of rotatable bonds is 8. The lowest BCUT2D eigenvalue weighted by atomic mass is 10.0. The third kappa shape index (κ3) is 7.15. The van der Waals surface area contributed by atoms with E-state index in [1.54, 1.807) is 0 Å². The average Bonchev–Trinajstić information content (AvgIpc) is 3.15. The van der Waals surface area contributed by atoms with Gasteiger partial charge in [0.05, 0.1) is 5.69 Å². The minimum atomic E-state index is 0. The number of nitrogens with one attached hydrogen (secondary N) is 2. The second-order valence-electron chi connectivity index (χ2n) is 7.00. The molecule has 2 rings (SSSR count). The van der Waals surface area contributed by atoms with Crippen molar-refractivity contribution in [3.05, 3.63) is 17.0 Å². The van der Waals surface area contributed by atoms with E-state index < -0.39 is 0 Å². The van der Waals surface area contributed by atoms with Crippen LogP contribution in [0.5, 0.6) is 0 Å². The SMILES string of the molecule is CCNC(=NCCCC1CCCC1)NCCc1c(C)nn(C)c1C.I. The Morgan fingerprint density at radius 2 is 1.96 bits per heavy atom. The average molecular weight is 461 g/mol. The number of guanidine groups is 1. The van der Waals surface area contributed by atoms with Crippen molar-refractivity contribution in [2.75, 3.05) is 19.6 Å². The fourth-order valence-corrected chi connectivity index (χ4v) is 3.70. The molecular weight excluding hydrogens is 425 g/mol. The maximum Gasteiger partial charge on any atom is 0.191 e. The molecule has 1 aromatic heterocycles. The largest absolute Gasteiger partial charge is 0.357 e. The van der Waals surface area contributed by atoms with Gasteiger partial charge in [-0.1, -0.05) is 25.7 Å². The Bertz CT molecular complexity index is 532. The van der Waals surface area contributed by atoms with Crippen LogP contribution in [0.4, 0.5) is 0 Å². The van der Waals surface area contributed by atoms with E-state index in [2.05, 4.69) is 36.5 Å². The standard InChI is InChI=1S/C19H35N5.HI/c1-5-20-19(21-13-8-11-17-9-6-7-10-17)22-14-12-18-15(2)23-24(4)16(18)3;/h17H,5-14H2,1-4H3,(H2,20,21,22);1H. The monoisotopic (exact) mass is 461 g/mol. The molecular formula is C19H36IN5. The first-order valence-electron chi connectivity index (χ1n) is 9.63. The Hall–Kier alpha value is -0.790. The molecule has 1 fully saturated rings. The minimum Gasteiger partial charge on any atom is -0.357 e. The molecule has 25 heavy (non-hydrogen) atoms. The van der Waals surface area contributed by atoms with Crippen LogP contribution in [-0.2, 0) is 13.5 Å². The zero-order chi connectivity index (χ0) is 17.4. The van der Waals surface area contributed by atoms with Crippen LogP contribution in [0.1, 0.15) is 62.4 Å². The van der Waals surface area contributed by atoms with Crippen molar-refractivity contribution >= 4 is 29.9 Å². The van der Waals surface area contributed by atoms with Crippen molar-refractivity contribution in [3.63, 3.8) is 0 Å². The lowest BCUT2D eigenvalue weighted by Crippen LogP contribution is -2.38. The zero-order valence-corrected chi connectivity index (χ0v) is 18.7. The van der Waals surface area contributed by atoms with E-state index in [1.807, 2.05) is 11.7 Å². The number of nitrogens with zero attached hydrogens (tertiary/aromatic N) is 3. The van der Waals surface area contributed by atoms with Crippen LogP contribution in [0.2, 0.25) is 0 Å². The fraction of sp³-hybridized carbons (Fsp3) is 0.789. The molecule has 0 aromatic carbocycles. The zero-order valence-electron chi connectivity index (χ0n) is 16.4. The normalized spacial score (nSPS) is 15.3. The van der Waals surface area contributed by atoms with E-state index in [4.69, 9.17) is 4.99 Å². The van der Waals surface area contributed by atoms with Gasteiger partial charge < -0.3 is 10.6 Å². The van der Waals surface area contributed by atoms with Crippen LogP contribution in [0.3, 0.4) is 0 Å². The molecule has 0 unspecified atom stereocenters. The Morgan fingerprint density at radius 3 is 2.56 bits per heavy atom. The topological polar surface area (TPSA) is 54.2 Å². The molecule has 2 N–H and O–H groups in total. The molecule has 0 radical (unpaired) electrons. The molecule has 1 aliphatic rings. The van der Waals surface area contributed by atoms with Gasteiger partial charge in [-0.05, 0) is 51.5 Å². The predicted molar refractivity (Wildman–Crippen MR) is 117 cm³/mol. The van der Waals surface area contributed by atoms with E-state index in [1.165, 1.54) is 49.8 Å². The van der Waals surface area contributed by atoms with Crippen molar-refractivity contribution in [1.29, 1.82) is 0 Å². The maximum absolute atomic E-state index is 4.73. The Kier molecular flexibility index (Phi) is 10.5. The van der Waals surface area contributed by atoms with E-state index in [0.29, 0.717) is 0 Å². The van der Waals surface area contributed by atoms with Gasteiger partial charge in [0, 0.05) is 32.4 Å². The summed E-state index contributed by atoms with van der Waals surface area (Å²) in [6, 6.07) is 0. The highest BCUT2D eigenvalue weighted by molar-refractivity contribution is 14.0. The summed E-state index contributed by atoms with van der Waals surface area (Å²) in [5.41, 5.74) is 3.74. The minimum absolute atomic E-state index is 0. The van der Waals surface area contributed by atoms with Crippen molar-refractivity contribution in [2.24, 2.45) is 18.0 Å². The Balaban J connectivity index is 0.00000312. The van der Waals surface area contributed by atoms with Gasteiger partial charge in [-0.15, -0.1) is 24.0 Å². The second kappa shape index (κ2) is 11.8. The van der Waals surface area contributed by atoms with E-state index in [9.17, 15) is 0 Å². The Morgan fingerprint density at radius 1 is 1.24 bits per heavy atom. The Labute approximate surface area is 170 Å². The molecule has 1 aliphatic carbocycles. The number of hydrogen-bond donors (Lipinski definition) is 2. The first kappa shape index (κ1) is 22.3. The summed E-state index contributed by atoms with van der Waals surface area (Å²) >= 11 is 0. The molecule has 0 saturated heterocycles. The molecule has 1 aromatic rings. The third-order valence-electron chi connectivity index (χ3n) is 5.19. The van der Waals surface area contributed by atoms with Gasteiger partial charge in [-0.25, -0.2) is 0 Å². The molecule has 0 spiro atoms. The molecule has 5 nitrogen and oxygen atoms in total. The molecule has 1 saturated carbocycles. The molecule has 0 amide bonds. The van der Waals surface area contributed by atoms with E-state index >= 15 is 0 Å². The molecule has 0 aliphatic heterocycles. The molecule has 1 heterocycles. The summed E-state index contributed by atoms with van der Waals surface area (Å²) in [5, 5.41) is 11.3. The highest BCUT2D eigenvalue weighted by Gasteiger charge is 2.14. The quantitative estimate of drug-likeness (QED) is 0.269. The van der Waals surface area contributed by atoms with Crippen LogP contribution >= 0.6 is 24.0 Å². The third-order valence-corrected chi connectivity index (χ3v) is 5.19. The fourth-order valence-electron chi connectivity index (χ4n) is 3.70. The van der Waals surface area contributed by atoms with Gasteiger partial charge in [0.1, 0.15) is 0 Å².